The molecule has 0 saturated carbocycles. The Balaban J connectivity index is 1.84. The highest BCUT2D eigenvalue weighted by molar-refractivity contribution is 5.90. The number of carbonyl (C=O) groups excluding carboxylic acids is 1. The molecule has 2 N–H and O–H groups in total. The summed E-state index contributed by atoms with van der Waals surface area (Å²) in [4.78, 5) is 17.9. The van der Waals surface area contributed by atoms with E-state index in [0.29, 0.717) is 11.7 Å². The van der Waals surface area contributed by atoms with Crippen LogP contribution in [0.4, 0.5) is 10.3 Å². The molecular weight excluding hydrogens is 225 g/mol. The smallest absolute Gasteiger partial charge is 0.264 e. The second kappa shape index (κ2) is 5.11. The van der Waals surface area contributed by atoms with Crippen LogP contribution in [0, 0.1) is 5.82 Å². The van der Waals surface area contributed by atoms with Crippen molar-refractivity contribution in [2.24, 2.45) is 0 Å². The molecule has 0 unspecified atom stereocenters. The third kappa shape index (κ3) is 3.30. The first-order chi connectivity index (χ1) is 8.24. The Morgan fingerprint density at radius 2 is 2.41 bits per heavy atom. The van der Waals surface area contributed by atoms with Crippen molar-refractivity contribution in [3.8, 4) is 5.75 Å². The summed E-state index contributed by atoms with van der Waals surface area (Å²) in [6.45, 7) is -0.204. The Hall–Kier alpha value is -2.37. The van der Waals surface area contributed by atoms with Crippen molar-refractivity contribution in [3.05, 3.63) is 42.5 Å². The fraction of sp³-hybridized carbons (Fsp3) is 0.0909. The predicted octanol–water partition coefficient (Wildman–Crippen LogP) is 1.57. The fourth-order valence-electron chi connectivity index (χ4n) is 1.21. The van der Waals surface area contributed by atoms with Gasteiger partial charge >= 0.3 is 0 Å². The van der Waals surface area contributed by atoms with Gasteiger partial charge in [0.1, 0.15) is 11.6 Å². The molecular formula is C11H10FN3O2. The van der Waals surface area contributed by atoms with E-state index >= 15 is 0 Å². The zero-order valence-electron chi connectivity index (χ0n) is 8.81. The third-order valence-electron chi connectivity index (χ3n) is 1.92. The van der Waals surface area contributed by atoms with Crippen molar-refractivity contribution in [2.75, 3.05) is 11.9 Å². The molecule has 17 heavy (non-hydrogen) atoms. The number of amides is 1. The van der Waals surface area contributed by atoms with Gasteiger partial charge in [-0.2, -0.15) is 0 Å². The zero-order chi connectivity index (χ0) is 12.1. The number of halogens is 1. The number of nitrogens with zero attached hydrogens (tertiary/aromatic N) is 1. The van der Waals surface area contributed by atoms with E-state index in [9.17, 15) is 9.18 Å². The van der Waals surface area contributed by atoms with E-state index < -0.39 is 5.82 Å². The van der Waals surface area contributed by atoms with Crippen molar-refractivity contribution < 1.29 is 13.9 Å². The lowest BCUT2D eigenvalue weighted by atomic mass is 10.3. The zero-order valence-corrected chi connectivity index (χ0v) is 8.81. The average molecular weight is 235 g/mol. The van der Waals surface area contributed by atoms with E-state index in [0.717, 1.165) is 0 Å². The van der Waals surface area contributed by atoms with E-state index in [2.05, 4.69) is 15.3 Å². The molecule has 0 fully saturated rings. The van der Waals surface area contributed by atoms with Gasteiger partial charge in [0.25, 0.3) is 5.91 Å². The quantitative estimate of drug-likeness (QED) is 0.845. The number of ether oxygens (including phenoxy) is 1. The molecule has 2 rings (SSSR count). The number of imidazole rings is 1. The summed E-state index contributed by atoms with van der Waals surface area (Å²) in [5.74, 6) is -0.129. The molecule has 5 nitrogen and oxygen atoms in total. The summed E-state index contributed by atoms with van der Waals surface area (Å²) >= 11 is 0. The largest absolute Gasteiger partial charge is 0.484 e. The summed E-state index contributed by atoms with van der Waals surface area (Å²) < 4.78 is 17.9. The van der Waals surface area contributed by atoms with Crippen LogP contribution in [0.15, 0.2) is 36.7 Å². The summed E-state index contributed by atoms with van der Waals surface area (Å²) in [7, 11) is 0. The topological polar surface area (TPSA) is 67.0 Å². The molecule has 0 radical (unpaired) electrons. The van der Waals surface area contributed by atoms with Gasteiger partial charge in [-0.05, 0) is 12.1 Å². The van der Waals surface area contributed by atoms with Crippen LogP contribution in [-0.2, 0) is 4.79 Å². The van der Waals surface area contributed by atoms with Crippen molar-refractivity contribution in [1.29, 1.82) is 0 Å². The molecule has 1 amide bonds. The average Bonchev–Trinajstić information content (AvgIpc) is 2.79. The third-order valence-corrected chi connectivity index (χ3v) is 1.92. The number of benzene rings is 1. The molecule has 0 saturated heterocycles. The number of H-pyrrole nitrogens is 1. The van der Waals surface area contributed by atoms with E-state index in [1.54, 1.807) is 12.3 Å². The highest BCUT2D eigenvalue weighted by Gasteiger charge is 2.05. The molecule has 1 aromatic carbocycles. The maximum Gasteiger partial charge on any atom is 0.264 e. The van der Waals surface area contributed by atoms with Gasteiger partial charge in [-0.25, -0.2) is 9.37 Å². The minimum absolute atomic E-state index is 0.204. The number of hydrogen-bond acceptors (Lipinski definition) is 3. The summed E-state index contributed by atoms with van der Waals surface area (Å²) in [5, 5.41) is 2.48. The molecule has 1 heterocycles. The number of hydrogen-bond donors (Lipinski definition) is 2. The van der Waals surface area contributed by atoms with Gasteiger partial charge in [0, 0.05) is 18.5 Å². The summed E-state index contributed by atoms with van der Waals surface area (Å²) in [6, 6.07) is 5.59. The van der Waals surface area contributed by atoms with Gasteiger partial charge in [-0.1, -0.05) is 6.07 Å². The van der Waals surface area contributed by atoms with Gasteiger partial charge in [-0.15, -0.1) is 0 Å². The van der Waals surface area contributed by atoms with Crippen LogP contribution in [0.5, 0.6) is 5.75 Å². The maximum atomic E-state index is 12.8. The van der Waals surface area contributed by atoms with E-state index in [4.69, 9.17) is 4.74 Å². The monoisotopic (exact) mass is 235 g/mol. The Bertz CT molecular complexity index is 499. The van der Waals surface area contributed by atoms with Crippen LogP contribution in [0.2, 0.25) is 0 Å². The number of anilines is 1. The van der Waals surface area contributed by atoms with E-state index in [-0.39, 0.29) is 12.5 Å². The van der Waals surface area contributed by atoms with Gasteiger partial charge < -0.3 is 9.72 Å². The molecule has 6 heteroatoms. The minimum atomic E-state index is -0.408. The Morgan fingerprint density at radius 3 is 3.12 bits per heavy atom. The standard InChI is InChI=1S/C11H10FN3O2/c12-8-2-1-3-9(6-8)17-7-10(16)15-11-13-4-5-14-11/h1-6H,7H2,(H2,13,14,15,16). The predicted molar refractivity (Wildman–Crippen MR) is 59.1 cm³/mol. The first kappa shape index (κ1) is 11.1. The van der Waals surface area contributed by atoms with Crippen LogP contribution in [-0.4, -0.2) is 22.5 Å². The summed E-state index contributed by atoms with van der Waals surface area (Å²) in [5.41, 5.74) is 0. The summed E-state index contributed by atoms with van der Waals surface area (Å²) in [6.07, 6.45) is 3.10. The van der Waals surface area contributed by atoms with Gasteiger partial charge in [0.15, 0.2) is 6.61 Å². The first-order valence-corrected chi connectivity index (χ1v) is 4.91. The molecule has 88 valence electrons. The van der Waals surface area contributed by atoms with Gasteiger partial charge in [0.05, 0.1) is 0 Å². The van der Waals surface area contributed by atoms with Crippen molar-refractivity contribution in [2.45, 2.75) is 0 Å². The second-order valence-corrected chi connectivity index (χ2v) is 3.23. The first-order valence-electron chi connectivity index (χ1n) is 4.91. The normalized spacial score (nSPS) is 9.94. The van der Waals surface area contributed by atoms with Crippen LogP contribution in [0.25, 0.3) is 0 Å². The van der Waals surface area contributed by atoms with Gasteiger partial charge in [-0.3, -0.25) is 10.1 Å². The Kier molecular flexibility index (Phi) is 3.34. The number of carbonyl (C=O) groups is 1. The van der Waals surface area contributed by atoms with Crippen molar-refractivity contribution in [1.82, 2.24) is 9.97 Å². The number of aromatic amines is 1. The highest BCUT2D eigenvalue weighted by atomic mass is 19.1. The molecule has 0 aliphatic heterocycles. The minimum Gasteiger partial charge on any atom is -0.484 e. The molecule has 2 aromatic rings. The second-order valence-electron chi connectivity index (χ2n) is 3.23. The molecule has 0 spiro atoms. The highest BCUT2D eigenvalue weighted by Crippen LogP contribution is 2.11. The number of aromatic nitrogens is 2. The molecule has 0 atom stereocenters. The van der Waals surface area contributed by atoms with E-state index in [1.165, 1.54) is 24.4 Å². The molecule has 0 aliphatic rings. The maximum absolute atomic E-state index is 12.8. The lowest BCUT2D eigenvalue weighted by Gasteiger charge is -2.05. The van der Waals surface area contributed by atoms with Crippen LogP contribution in [0.1, 0.15) is 0 Å². The Labute approximate surface area is 96.6 Å². The van der Waals surface area contributed by atoms with Crippen molar-refractivity contribution >= 4 is 11.9 Å². The number of nitrogens with one attached hydrogen (secondary N) is 2. The number of rotatable bonds is 4. The lowest BCUT2D eigenvalue weighted by Crippen LogP contribution is -2.20. The SMILES string of the molecule is O=C(COc1cccc(F)c1)Nc1ncc[nH]1. The fourth-order valence-corrected chi connectivity index (χ4v) is 1.21. The lowest BCUT2D eigenvalue weighted by molar-refractivity contribution is -0.118. The van der Waals surface area contributed by atoms with Crippen molar-refractivity contribution in [3.63, 3.8) is 0 Å². The van der Waals surface area contributed by atoms with Crippen LogP contribution in [0.3, 0.4) is 0 Å². The van der Waals surface area contributed by atoms with E-state index in [1.807, 2.05) is 0 Å². The molecule has 0 bridgehead atoms. The Morgan fingerprint density at radius 1 is 1.53 bits per heavy atom. The van der Waals surface area contributed by atoms with Crippen LogP contribution >= 0.6 is 0 Å². The van der Waals surface area contributed by atoms with Crippen LogP contribution < -0.4 is 10.1 Å². The molecule has 0 aliphatic carbocycles. The molecule has 1 aromatic heterocycles. The van der Waals surface area contributed by atoms with Gasteiger partial charge in [0.2, 0.25) is 5.95 Å².